The molecule has 2 aromatic carbocycles. The number of anilines is 1. The Labute approximate surface area is 184 Å². The molecule has 4 nitrogen and oxygen atoms in total. The molecule has 0 radical (unpaired) electrons. The van der Waals surface area contributed by atoms with Crippen LogP contribution in [0.1, 0.15) is 11.3 Å². The highest BCUT2D eigenvalue weighted by atomic mass is 35.5. The number of hydrogen-bond donors (Lipinski definition) is 1. The number of halogens is 2. The number of pyridine rings is 1. The maximum Gasteiger partial charge on any atom is 0.184 e. The lowest BCUT2D eigenvalue weighted by molar-refractivity contribution is 0.627. The second-order valence-electron chi connectivity index (χ2n) is 6.87. The predicted octanol–water partition coefficient (Wildman–Crippen LogP) is 5.90. The number of nitrogens with one attached hydrogen (secondary N) is 1. The summed E-state index contributed by atoms with van der Waals surface area (Å²) < 4.78 is 18.1. The molecule has 4 aromatic rings. The fourth-order valence-electron chi connectivity index (χ4n) is 3.30. The molecular weight excluding hydrogens is 419 g/mol. The first-order valence-electron chi connectivity index (χ1n) is 9.55. The van der Waals surface area contributed by atoms with E-state index in [1.54, 1.807) is 24.5 Å². The van der Waals surface area contributed by atoms with E-state index in [9.17, 15) is 4.39 Å². The summed E-state index contributed by atoms with van der Waals surface area (Å²) in [5.74, 6) is -0.243. The van der Waals surface area contributed by atoms with Gasteiger partial charge in [-0.15, -0.1) is 0 Å². The molecule has 0 amide bonds. The van der Waals surface area contributed by atoms with Gasteiger partial charge in [-0.2, -0.15) is 0 Å². The minimum absolute atomic E-state index is 0.243. The Morgan fingerprint density at radius 3 is 2.37 bits per heavy atom. The van der Waals surface area contributed by atoms with Crippen LogP contribution in [-0.2, 0) is 13.0 Å². The summed E-state index contributed by atoms with van der Waals surface area (Å²) >= 11 is 11.9. The van der Waals surface area contributed by atoms with Crippen LogP contribution in [0.3, 0.4) is 0 Å². The average molecular weight is 439 g/mol. The van der Waals surface area contributed by atoms with Crippen LogP contribution in [0.25, 0.3) is 5.69 Å². The smallest absolute Gasteiger partial charge is 0.184 e. The van der Waals surface area contributed by atoms with Crippen LogP contribution in [0.2, 0.25) is 5.02 Å². The van der Waals surface area contributed by atoms with Gasteiger partial charge in [-0.05, 0) is 66.3 Å². The Morgan fingerprint density at radius 1 is 0.967 bits per heavy atom. The number of imidazole rings is 1. The van der Waals surface area contributed by atoms with Gasteiger partial charge in [0.1, 0.15) is 5.82 Å². The molecular formula is C23H20ClFN4S. The first-order valence-corrected chi connectivity index (χ1v) is 10.3. The van der Waals surface area contributed by atoms with Gasteiger partial charge in [0.25, 0.3) is 0 Å². The zero-order valence-electron chi connectivity index (χ0n) is 16.1. The summed E-state index contributed by atoms with van der Waals surface area (Å²) in [6, 6.07) is 18.0. The van der Waals surface area contributed by atoms with Crippen molar-refractivity contribution in [1.82, 2.24) is 14.1 Å². The van der Waals surface area contributed by atoms with E-state index in [0.717, 1.165) is 29.2 Å². The average Bonchev–Trinajstić information content (AvgIpc) is 3.06. The highest BCUT2D eigenvalue weighted by molar-refractivity contribution is 7.71. The summed E-state index contributed by atoms with van der Waals surface area (Å²) in [6.45, 7) is 1.43. The van der Waals surface area contributed by atoms with Crippen molar-refractivity contribution in [2.75, 3.05) is 11.9 Å². The summed E-state index contributed by atoms with van der Waals surface area (Å²) in [5.41, 5.74) is 4.00. The molecule has 4 rings (SSSR count). The van der Waals surface area contributed by atoms with E-state index in [4.69, 9.17) is 23.8 Å². The molecule has 2 heterocycles. The Hall–Kier alpha value is -2.96. The summed E-state index contributed by atoms with van der Waals surface area (Å²) in [7, 11) is 0. The molecule has 0 aliphatic heterocycles. The molecule has 1 N–H and O–H groups in total. The first-order chi connectivity index (χ1) is 14.6. The Morgan fingerprint density at radius 2 is 1.67 bits per heavy atom. The molecule has 0 atom stereocenters. The molecule has 0 fully saturated rings. The van der Waals surface area contributed by atoms with Crippen molar-refractivity contribution >= 4 is 29.5 Å². The molecule has 0 saturated heterocycles. The van der Waals surface area contributed by atoms with Crippen molar-refractivity contribution in [2.24, 2.45) is 0 Å². The van der Waals surface area contributed by atoms with Gasteiger partial charge in [0.05, 0.1) is 0 Å². The normalized spacial score (nSPS) is 10.9. The zero-order valence-corrected chi connectivity index (χ0v) is 17.7. The van der Waals surface area contributed by atoms with Crippen LogP contribution in [-0.4, -0.2) is 20.7 Å². The number of hydrogen-bond acceptors (Lipinski definition) is 3. The van der Waals surface area contributed by atoms with Crippen molar-refractivity contribution in [3.05, 3.63) is 106 Å². The second-order valence-corrected chi connectivity index (χ2v) is 7.68. The minimum Gasteiger partial charge on any atom is -0.383 e. The SMILES string of the molecule is Fc1ccc(Cc2cn(CCNc3ccncc3)c(=S)n2-c2ccc(Cl)cc2)cc1. The van der Waals surface area contributed by atoms with Gasteiger partial charge in [-0.1, -0.05) is 23.7 Å². The molecule has 0 bridgehead atoms. The highest BCUT2D eigenvalue weighted by Gasteiger charge is 2.12. The molecule has 30 heavy (non-hydrogen) atoms. The van der Waals surface area contributed by atoms with Crippen molar-refractivity contribution in [2.45, 2.75) is 13.0 Å². The van der Waals surface area contributed by atoms with E-state index < -0.39 is 0 Å². The largest absolute Gasteiger partial charge is 0.383 e. The number of aromatic nitrogens is 3. The fourth-order valence-corrected chi connectivity index (χ4v) is 3.79. The molecule has 152 valence electrons. The maximum atomic E-state index is 13.3. The Balaban J connectivity index is 1.62. The second kappa shape index (κ2) is 9.24. The lowest BCUT2D eigenvalue weighted by atomic mass is 10.1. The number of rotatable bonds is 7. The topological polar surface area (TPSA) is 34.8 Å². The van der Waals surface area contributed by atoms with Gasteiger partial charge in [0, 0.05) is 60.2 Å². The van der Waals surface area contributed by atoms with E-state index in [1.165, 1.54) is 12.1 Å². The summed E-state index contributed by atoms with van der Waals surface area (Å²) in [4.78, 5) is 4.03. The first kappa shape index (κ1) is 20.3. The van der Waals surface area contributed by atoms with E-state index in [2.05, 4.69) is 21.1 Å². The van der Waals surface area contributed by atoms with Gasteiger partial charge < -0.3 is 9.88 Å². The molecule has 2 aromatic heterocycles. The zero-order chi connectivity index (χ0) is 20.9. The van der Waals surface area contributed by atoms with Gasteiger partial charge in [0.15, 0.2) is 4.77 Å². The monoisotopic (exact) mass is 438 g/mol. The summed E-state index contributed by atoms with van der Waals surface area (Å²) in [6.07, 6.45) is 6.21. The Bertz CT molecular complexity index is 1170. The van der Waals surface area contributed by atoms with Crippen molar-refractivity contribution in [3.63, 3.8) is 0 Å². The van der Waals surface area contributed by atoms with Crippen LogP contribution in [0, 0.1) is 10.6 Å². The van der Waals surface area contributed by atoms with Crippen LogP contribution in [0.4, 0.5) is 10.1 Å². The van der Waals surface area contributed by atoms with Gasteiger partial charge >= 0.3 is 0 Å². The third kappa shape index (κ3) is 4.78. The molecule has 0 spiro atoms. The van der Waals surface area contributed by atoms with Gasteiger partial charge in [-0.25, -0.2) is 4.39 Å². The maximum absolute atomic E-state index is 13.3. The lowest BCUT2D eigenvalue weighted by Gasteiger charge is -2.09. The van der Waals surface area contributed by atoms with E-state index in [0.29, 0.717) is 22.8 Å². The molecule has 0 unspecified atom stereocenters. The molecule has 0 aliphatic rings. The quantitative estimate of drug-likeness (QED) is 0.365. The third-order valence-electron chi connectivity index (χ3n) is 4.77. The predicted molar refractivity (Wildman–Crippen MR) is 122 cm³/mol. The van der Waals surface area contributed by atoms with E-state index in [1.807, 2.05) is 41.0 Å². The van der Waals surface area contributed by atoms with Crippen molar-refractivity contribution < 1.29 is 4.39 Å². The molecule has 7 heteroatoms. The van der Waals surface area contributed by atoms with E-state index in [-0.39, 0.29) is 5.82 Å². The third-order valence-corrected chi connectivity index (χ3v) is 5.44. The lowest BCUT2D eigenvalue weighted by Crippen LogP contribution is -2.10. The highest BCUT2D eigenvalue weighted by Crippen LogP contribution is 2.20. The fraction of sp³-hybridized carbons (Fsp3) is 0.130. The van der Waals surface area contributed by atoms with Gasteiger partial charge in [0.2, 0.25) is 0 Å². The summed E-state index contributed by atoms with van der Waals surface area (Å²) in [5, 5.41) is 4.05. The van der Waals surface area contributed by atoms with Crippen LogP contribution >= 0.6 is 23.8 Å². The van der Waals surface area contributed by atoms with E-state index >= 15 is 0 Å². The van der Waals surface area contributed by atoms with Crippen LogP contribution < -0.4 is 5.32 Å². The molecule has 0 saturated carbocycles. The van der Waals surface area contributed by atoms with Crippen LogP contribution in [0.5, 0.6) is 0 Å². The van der Waals surface area contributed by atoms with Crippen molar-refractivity contribution in [3.8, 4) is 5.69 Å². The van der Waals surface area contributed by atoms with Gasteiger partial charge in [-0.3, -0.25) is 9.55 Å². The standard InChI is InChI=1S/C23H20ClFN4S/c24-18-3-7-21(8-4-18)29-22(15-17-1-5-19(25)6-2-17)16-28(23(29)30)14-13-27-20-9-11-26-12-10-20/h1-12,16H,13-15H2,(H,26,27). The Kier molecular flexibility index (Phi) is 6.26. The van der Waals surface area contributed by atoms with Crippen LogP contribution in [0.15, 0.2) is 79.3 Å². The number of benzene rings is 2. The number of nitrogens with zero attached hydrogens (tertiary/aromatic N) is 3. The minimum atomic E-state index is -0.243. The molecule has 0 aliphatic carbocycles. The van der Waals surface area contributed by atoms with Crippen molar-refractivity contribution in [1.29, 1.82) is 0 Å².